The van der Waals surface area contributed by atoms with Crippen LogP contribution in [0.5, 0.6) is 11.5 Å². The Morgan fingerprint density at radius 3 is 1.28 bits per heavy atom. The zero-order chi connectivity index (χ0) is 39.2. The predicted molar refractivity (Wildman–Crippen MR) is 207 cm³/mol. The Bertz CT molecular complexity index is 2040. The molecule has 6 rings (SSSR count). The molecule has 20 heteroatoms. The third kappa shape index (κ3) is 22.3. The van der Waals surface area contributed by atoms with Gasteiger partial charge in [-0.15, -0.1) is 37.2 Å². The van der Waals surface area contributed by atoms with Crippen molar-refractivity contribution in [2.75, 3.05) is 10.7 Å². The van der Waals surface area contributed by atoms with Crippen molar-refractivity contribution in [2.24, 2.45) is 0 Å². The molecule has 58 heavy (non-hydrogen) atoms. The molecule has 3 aromatic heterocycles. The largest absolute Gasteiger partial charge is 0.534 e. The Morgan fingerprint density at radius 1 is 0.621 bits per heavy atom. The standard InChI is InChI=1S/C13H12BrN2.C11H6F3N2O3S.C10H7N2O.C4H9Br.Pd.3Y/c14-8-1-3-11-4-6-12(7-5-11)13-15-9-2-10-16-13;12-11(13,14)20(17,18)19-9-4-2-8(3-5-9)10-15-6-1-7-16-10;13-9-4-2-8(3-5-9)10-11-6-1-7-12-10;1-2-3-4-5;;;;/h4-7,9-10H,1,3,8H2;2-7H;2-7,13H;2-4H2,1H3;;;;/q3*-1;;;;;. The molecule has 10 nitrogen and oxygen atoms in total. The van der Waals surface area contributed by atoms with Crippen molar-refractivity contribution < 1.29 is 149 Å². The molecule has 0 spiro atoms. The minimum Gasteiger partial charge on any atom is -0.508 e. The molecular weight excluding hydrogens is 1230 g/mol. The number of hydrogen-bond acceptors (Lipinski definition) is 10. The summed E-state index contributed by atoms with van der Waals surface area (Å²) in [6.07, 6.45) is 14.0. The van der Waals surface area contributed by atoms with Gasteiger partial charge >= 0.3 is 15.6 Å². The van der Waals surface area contributed by atoms with Crippen molar-refractivity contribution in [1.29, 1.82) is 0 Å². The summed E-state index contributed by atoms with van der Waals surface area (Å²) in [5.41, 5.74) is -1.69. The summed E-state index contributed by atoms with van der Waals surface area (Å²) in [4.78, 5) is 24.2. The number of hydrogen-bond donors (Lipinski definition) is 1. The van der Waals surface area contributed by atoms with Crippen molar-refractivity contribution in [2.45, 2.75) is 38.1 Å². The number of halogens is 5. The summed E-state index contributed by atoms with van der Waals surface area (Å²) in [5, 5.41) is 11.3. The van der Waals surface area contributed by atoms with Gasteiger partial charge in [-0.05, 0) is 73.4 Å². The van der Waals surface area contributed by atoms with Crippen LogP contribution in [0.1, 0.15) is 31.7 Å². The van der Waals surface area contributed by atoms with Gasteiger partial charge in [-0.3, -0.25) is 29.9 Å². The monoisotopic (exact) mass is 1260 g/mol. The van der Waals surface area contributed by atoms with Gasteiger partial charge in [0.15, 0.2) is 17.5 Å². The first-order valence-corrected chi connectivity index (χ1v) is 19.8. The van der Waals surface area contributed by atoms with Crippen molar-refractivity contribution in [1.82, 2.24) is 29.9 Å². The summed E-state index contributed by atoms with van der Waals surface area (Å²) in [7, 11) is -5.66. The maximum atomic E-state index is 12.1. The first-order valence-electron chi connectivity index (χ1n) is 16.1. The van der Waals surface area contributed by atoms with E-state index in [2.05, 4.69) is 115 Å². The minimum absolute atomic E-state index is 0. The Morgan fingerprint density at radius 2 is 0.966 bits per heavy atom. The molecule has 3 heterocycles. The van der Waals surface area contributed by atoms with Gasteiger partial charge in [0.1, 0.15) is 11.5 Å². The fourth-order valence-corrected chi connectivity index (χ4v) is 5.21. The Kier molecular flexibility index (Phi) is 33.5. The fourth-order valence-electron chi connectivity index (χ4n) is 3.91. The number of aryl methyl sites for hydroxylation is 1. The van der Waals surface area contributed by atoms with E-state index in [1.807, 2.05) is 0 Å². The van der Waals surface area contributed by atoms with E-state index >= 15 is 0 Å². The number of aromatic hydroxyl groups is 1. The van der Waals surface area contributed by atoms with Gasteiger partial charge in [-0.25, -0.2) is 0 Å². The van der Waals surface area contributed by atoms with E-state index in [1.54, 1.807) is 49.1 Å². The molecule has 0 saturated carbocycles. The summed E-state index contributed by atoms with van der Waals surface area (Å²) in [6, 6.07) is 28.2. The van der Waals surface area contributed by atoms with Gasteiger partial charge in [0.2, 0.25) is 0 Å². The molecule has 0 saturated heterocycles. The second kappa shape index (κ2) is 32.8. The number of aromatic nitrogens is 6. The molecule has 0 fully saturated rings. The molecule has 6 aromatic rings. The molecule has 3 aromatic carbocycles. The van der Waals surface area contributed by atoms with Crippen molar-refractivity contribution >= 4 is 42.0 Å². The SMILES string of the molecule is BrCCCc1ccc(-c2nc[c-]cn2)cc1.CCCCBr.O=S(=O)(Oc1ccc(-c2nc[c-]cn2)cc1)C(F)(F)F.Oc1ccc(-c2nc[c-]cn2)cc1.[Pd].[Y].[Y].[Y]. The van der Waals surface area contributed by atoms with E-state index in [-0.39, 0.29) is 124 Å². The number of benzene rings is 3. The van der Waals surface area contributed by atoms with Crippen LogP contribution < -0.4 is 4.18 Å². The summed E-state index contributed by atoms with van der Waals surface area (Å²) >= 11 is 6.74. The van der Waals surface area contributed by atoms with E-state index in [0.717, 1.165) is 52.6 Å². The van der Waals surface area contributed by atoms with Gasteiger partial charge < -0.3 is 27.5 Å². The average molecular weight is 1260 g/mol. The molecule has 1 N–H and O–H groups in total. The van der Waals surface area contributed by atoms with Crippen LogP contribution in [-0.4, -0.2) is 59.6 Å². The van der Waals surface area contributed by atoms with Gasteiger partial charge in [0, 0.05) is 146 Å². The van der Waals surface area contributed by atoms with Gasteiger partial charge in [0.05, 0.1) is 0 Å². The molecular formula is C38H34Br2F3N6O4PdSY3-3. The van der Waals surface area contributed by atoms with E-state index in [4.69, 9.17) is 5.11 Å². The molecule has 0 unspecified atom stereocenters. The average Bonchev–Trinajstić information content (AvgIpc) is 3.19. The van der Waals surface area contributed by atoms with E-state index in [1.165, 1.54) is 42.9 Å². The van der Waals surface area contributed by atoms with Crippen LogP contribution in [0.3, 0.4) is 0 Å². The molecule has 0 aliphatic heterocycles. The Hall–Kier alpha value is -0.826. The maximum absolute atomic E-state index is 12.1. The van der Waals surface area contributed by atoms with Gasteiger partial charge in [0.25, 0.3) is 0 Å². The Labute approximate surface area is 443 Å². The number of phenolic OH excluding ortho intramolecular Hbond substituents is 1. The first-order chi connectivity index (χ1) is 26.0. The zero-order valence-electron chi connectivity index (χ0n) is 30.8. The smallest absolute Gasteiger partial charge is 0.508 e. The van der Waals surface area contributed by atoms with E-state index in [9.17, 15) is 21.6 Å². The third-order valence-electron chi connectivity index (χ3n) is 6.59. The zero-order valence-corrected chi connectivity index (χ0v) is 44.9. The molecule has 303 valence electrons. The van der Waals surface area contributed by atoms with Crippen LogP contribution in [-0.2, 0) is 135 Å². The van der Waals surface area contributed by atoms with Crippen molar-refractivity contribution in [3.8, 4) is 45.7 Å². The van der Waals surface area contributed by atoms with Gasteiger partial charge in [-0.2, -0.15) is 21.6 Å². The summed E-state index contributed by atoms with van der Waals surface area (Å²) in [6.45, 7) is 2.18. The molecule has 0 atom stereocenters. The first kappa shape index (κ1) is 59.3. The molecule has 0 aliphatic rings. The fraction of sp³-hybridized carbons (Fsp3) is 0.211. The number of alkyl halides is 5. The Balaban J connectivity index is 0. The molecule has 0 aliphatic carbocycles. The predicted octanol–water partition coefficient (Wildman–Crippen LogP) is 9.26. The molecule has 0 amide bonds. The number of unbranched alkanes of at least 4 members (excludes halogenated alkanes) is 1. The topological polar surface area (TPSA) is 141 Å². The van der Waals surface area contributed by atoms with Crippen LogP contribution in [0, 0.1) is 18.2 Å². The van der Waals surface area contributed by atoms with Gasteiger partial charge in [-0.1, -0.05) is 69.5 Å². The second-order valence-corrected chi connectivity index (χ2v) is 13.7. The second-order valence-electron chi connectivity index (χ2n) is 10.6. The van der Waals surface area contributed by atoms with Crippen LogP contribution >= 0.6 is 31.9 Å². The van der Waals surface area contributed by atoms with Crippen LogP contribution in [0.25, 0.3) is 34.2 Å². The normalized spacial score (nSPS) is 9.97. The molecule has 0 bridgehead atoms. The minimum atomic E-state index is -5.66. The van der Waals surface area contributed by atoms with E-state index in [0.29, 0.717) is 17.2 Å². The number of nitrogens with zero attached hydrogens (tertiary/aromatic N) is 6. The van der Waals surface area contributed by atoms with Crippen LogP contribution in [0.4, 0.5) is 13.2 Å². The quantitative estimate of drug-likeness (QED) is 0.0464. The summed E-state index contributed by atoms with van der Waals surface area (Å²) in [5.74, 6) is 1.51. The number of rotatable bonds is 10. The molecule has 3 radical (unpaired) electrons. The van der Waals surface area contributed by atoms with Crippen molar-refractivity contribution in [3.63, 3.8) is 0 Å². The maximum Gasteiger partial charge on any atom is 0.534 e. The van der Waals surface area contributed by atoms with E-state index < -0.39 is 21.4 Å². The van der Waals surface area contributed by atoms with Crippen LogP contribution in [0.2, 0.25) is 0 Å². The summed E-state index contributed by atoms with van der Waals surface area (Å²) < 4.78 is 61.9. The number of phenols is 1. The van der Waals surface area contributed by atoms with Crippen molar-refractivity contribution in [3.05, 3.63) is 134 Å². The third-order valence-corrected chi connectivity index (χ3v) is 8.69. The van der Waals surface area contributed by atoms with Crippen LogP contribution in [0.15, 0.2) is 110 Å².